The molecule has 0 amide bonds. The Balaban J connectivity index is 0.000000109. The van der Waals surface area contributed by atoms with Gasteiger partial charge in [0.15, 0.2) is 0 Å². The van der Waals surface area contributed by atoms with Crippen molar-refractivity contribution in [3.8, 4) is 72.4 Å². The average molecular weight is 1930 g/mol. The number of anilines is 9. The summed E-state index contributed by atoms with van der Waals surface area (Å²) < 4.78 is 13.9. The van der Waals surface area contributed by atoms with Gasteiger partial charge in [0.25, 0.3) is 0 Å². The monoisotopic (exact) mass is 1920 g/mol. The molecule has 0 spiro atoms. The lowest BCUT2D eigenvalue weighted by molar-refractivity contribution is 0.444. The minimum absolute atomic E-state index is 0.614. The molecule has 146 heavy (non-hydrogen) atoms. The Bertz CT molecular complexity index is 9500. The SMILES string of the molecule is c1ccc(-c2c3ccccc3n3c2sc2c(-c4ccc(N(c5ccccc5)c5ccccc5)cc4)cc(-n4c5ccccc5c5ccccc54)cc23)cc1.c1ccc(-c2c3ccccc3n3c2sc2c(-c4ccc(N(c5ccccc5)c5ccccc5)cc4)cc(C4CCCCC4)cc23)cc1.c1ccc(-c2c3ccccc3n3c2sc2c(-c4ccc(N(c5ccccc5)c5ccccc5)cc4)cc4ccccc4c23)cc1. The molecule has 0 radical (unpaired) electrons. The summed E-state index contributed by atoms with van der Waals surface area (Å²) in [5.74, 6) is 0.614. The summed E-state index contributed by atoms with van der Waals surface area (Å²) in [6, 6.07) is 189. The summed E-state index contributed by atoms with van der Waals surface area (Å²) in [5, 5.41) is 8.92. The maximum atomic E-state index is 2.55. The van der Waals surface area contributed by atoms with Crippen molar-refractivity contribution in [1.82, 2.24) is 17.8 Å². The standard InChI is InChI=1S/C50H33N3S.C44H36N2S.C42H28N2S/c1-4-16-35(17-5-1)48-42-24-12-15-27-46(42)53-47-33-39(52-44-25-13-10-22-40(44)41-23-11-14-26-45(41)52)32-43(49(47)54-50(48)53)34-28-30-38(31-29-34)51(36-18-6-2-7-19-36)37-20-8-3-9-21-37;1-5-15-31(16-6-1)34-29-39(32-25-27-37(28-26-32)45(35-19-9-3-10-20-35)36-21-11-4-12-22-36)43-41(30-34)46-40-24-14-13-23-38(40)42(44(46)47-43)33-17-7-2-8-18-33;1-4-14-30(15-5-1)39-36-22-12-13-23-38(36)44-40-35-21-11-10-16-31(35)28-37(41(40)45-42(39)44)29-24-26-34(27-25-29)43(32-17-6-2-7-18-32)33-19-8-3-9-20-33/h1-33H;2-4,7-14,17-31H,1,5-6,15-16H2;1-28H. The van der Waals surface area contributed by atoms with Crippen molar-refractivity contribution in [3.63, 3.8) is 0 Å². The normalized spacial score (nSPS) is 12.4. The van der Waals surface area contributed by atoms with E-state index >= 15 is 0 Å². The van der Waals surface area contributed by atoms with E-state index in [-0.39, 0.29) is 0 Å². The molecule has 1 saturated carbocycles. The molecule has 10 heteroatoms. The van der Waals surface area contributed by atoms with E-state index in [2.05, 4.69) is 554 Å². The number of aromatic nitrogens is 4. The van der Waals surface area contributed by atoms with Crippen molar-refractivity contribution in [3.05, 3.63) is 527 Å². The van der Waals surface area contributed by atoms with Crippen LogP contribution in [0.4, 0.5) is 51.2 Å². The number of rotatable bonds is 17. The van der Waals surface area contributed by atoms with E-state index < -0.39 is 0 Å². The maximum absolute atomic E-state index is 2.55. The largest absolute Gasteiger partial charge is 0.311 e. The highest BCUT2D eigenvalue weighted by atomic mass is 32.1. The summed E-state index contributed by atoms with van der Waals surface area (Å²) in [6.07, 6.45) is 6.57. The molecule has 21 aromatic carbocycles. The van der Waals surface area contributed by atoms with Crippen LogP contribution in [0.2, 0.25) is 0 Å². The third-order valence-electron chi connectivity index (χ3n) is 29.4. The highest BCUT2D eigenvalue weighted by Gasteiger charge is 2.30. The highest BCUT2D eigenvalue weighted by Crippen LogP contribution is 2.54. The summed E-state index contributed by atoms with van der Waals surface area (Å²) in [4.78, 5) is 10.8. The summed E-state index contributed by atoms with van der Waals surface area (Å²) in [5.41, 5.74) is 38.0. The van der Waals surface area contributed by atoms with Crippen molar-refractivity contribution >= 4 is 196 Å². The summed E-state index contributed by atoms with van der Waals surface area (Å²) in [7, 11) is 0. The quantitative estimate of drug-likeness (QED) is 0.0909. The summed E-state index contributed by atoms with van der Waals surface area (Å²) in [6.45, 7) is 0. The Hall–Kier alpha value is -17.6. The zero-order valence-corrected chi connectivity index (χ0v) is 82.6. The molecule has 7 aromatic heterocycles. The van der Waals surface area contributed by atoms with Crippen molar-refractivity contribution < 1.29 is 0 Å². The van der Waals surface area contributed by atoms with Crippen LogP contribution >= 0.6 is 34.0 Å². The number of hydrogen-bond acceptors (Lipinski definition) is 6. The van der Waals surface area contributed by atoms with Gasteiger partial charge in [0.2, 0.25) is 0 Å². The van der Waals surface area contributed by atoms with Gasteiger partial charge in [0, 0.05) is 123 Å². The number of hydrogen-bond donors (Lipinski definition) is 0. The van der Waals surface area contributed by atoms with Gasteiger partial charge in [-0.3, -0.25) is 13.2 Å². The third kappa shape index (κ3) is 15.5. The van der Waals surface area contributed by atoms with Crippen LogP contribution in [0.25, 0.3) is 183 Å². The van der Waals surface area contributed by atoms with E-state index in [1.54, 1.807) is 0 Å². The Labute approximate surface area is 859 Å². The lowest BCUT2D eigenvalue weighted by Crippen LogP contribution is -2.09. The van der Waals surface area contributed by atoms with Crippen LogP contribution in [0.3, 0.4) is 0 Å². The van der Waals surface area contributed by atoms with E-state index in [0.717, 1.165) is 56.9 Å². The zero-order chi connectivity index (χ0) is 96.5. The molecule has 694 valence electrons. The van der Waals surface area contributed by atoms with Crippen LogP contribution in [0.15, 0.2) is 522 Å². The van der Waals surface area contributed by atoms with Gasteiger partial charge in [0.1, 0.15) is 14.5 Å². The number of para-hydroxylation sites is 11. The minimum atomic E-state index is 0.614. The topological polar surface area (TPSA) is 27.9 Å². The molecule has 0 aliphatic heterocycles. The Kier molecular flexibility index (Phi) is 22.5. The molecular formula is C136H97N7S3. The average Bonchev–Trinajstić information content (AvgIpc) is 1.55. The van der Waals surface area contributed by atoms with Crippen LogP contribution in [0.1, 0.15) is 43.6 Å². The van der Waals surface area contributed by atoms with E-state index in [1.807, 2.05) is 34.0 Å². The van der Waals surface area contributed by atoms with Crippen LogP contribution in [0, 0.1) is 0 Å². The molecule has 0 atom stereocenters. The lowest BCUT2D eigenvalue weighted by atomic mass is 9.83. The van der Waals surface area contributed by atoms with Crippen molar-refractivity contribution in [2.75, 3.05) is 14.7 Å². The smallest absolute Gasteiger partial charge is 0.109 e. The van der Waals surface area contributed by atoms with E-state index in [0.29, 0.717) is 5.92 Å². The van der Waals surface area contributed by atoms with Crippen LogP contribution in [0.5, 0.6) is 0 Å². The second kappa shape index (κ2) is 37.7. The van der Waals surface area contributed by atoms with Gasteiger partial charge in [0.05, 0.1) is 58.2 Å². The Morgan fingerprint density at radius 2 is 0.479 bits per heavy atom. The molecule has 1 fully saturated rings. The predicted octanol–water partition coefficient (Wildman–Crippen LogP) is 39.6. The molecule has 0 saturated heterocycles. The van der Waals surface area contributed by atoms with E-state index in [1.165, 1.54) is 215 Å². The van der Waals surface area contributed by atoms with Gasteiger partial charge >= 0.3 is 0 Å². The van der Waals surface area contributed by atoms with Gasteiger partial charge in [-0.25, -0.2) is 0 Å². The predicted molar refractivity (Wildman–Crippen MR) is 625 cm³/mol. The second-order valence-corrected chi connectivity index (χ2v) is 40.9. The molecule has 0 bridgehead atoms. The van der Waals surface area contributed by atoms with Gasteiger partial charge in [-0.2, -0.15) is 0 Å². The fourth-order valence-corrected chi connectivity index (χ4v) is 26.9. The van der Waals surface area contributed by atoms with Gasteiger partial charge in [-0.05, 0) is 233 Å². The van der Waals surface area contributed by atoms with E-state index in [4.69, 9.17) is 0 Å². The van der Waals surface area contributed by atoms with Gasteiger partial charge in [-0.15, -0.1) is 34.0 Å². The van der Waals surface area contributed by atoms with Crippen molar-refractivity contribution in [2.24, 2.45) is 0 Å². The van der Waals surface area contributed by atoms with E-state index in [9.17, 15) is 0 Å². The zero-order valence-electron chi connectivity index (χ0n) is 80.1. The first-order chi connectivity index (χ1) is 72.5. The molecular weight excluding hydrogens is 1830 g/mol. The van der Waals surface area contributed by atoms with Crippen LogP contribution < -0.4 is 14.7 Å². The Morgan fingerprint density at radius 1 is 0.199 bits per heavy atom. The molecule has 1 aliphatic rings. The lowest BCUT2D eigenvalue weighted by Gasteiger charge is -2.25. The number of benzene rings is 21. The van der Waals surface area contributed by atoms with Gasteiger partial charge < -0.3 is 19.3 Å². The number of thiazole rings is 3. The maximum Gasteiger partial charge on any atom is 0.109 e. The molecule has 28 aromatic rings. The molecule has 29 rings (SSSR count). The molecule has 0 N–H and O–H groups in total. The number of nitrogens with zero attached hydrogens (tertiary/aromatic N) is 7. The third-order valence-corrected chi connectivity index (χ3v) is 33.0. The minimum Gasteiger partial charge on any atom is -0.311 e. The second-order valence-electron chi connectivity index (χ2n) is 37.9. The fraction of sp³-hybridized carbons (Fsp3) is 0.0441. The Morgan fingerprint density at radius 3 is 0.856 bits per heavy atom. The fourth-order valence-electron chi connectivity index (χ4n) is 22.8. The molecule has 0 unspecified atom stereocenters. The number of fused-ring (bicyclic) bond motifs is 20. The van der Waals surface area contributed by atoms with Crippen LogP contribution in [-0.4, -0.2) is 17.8 Å². The van der Waals surface area contributed by atoms with Crippen LogP contribution in [-0.2, 0) is 0 Å². The first-order valence-corrected chi connectivity index (χ1v) is 53.0. The molecule has 7 nitrogen and oxygen atoms in total. The summed E-state index contributed by atoms with van der Waals surface area (Å²) >= 11 is 5.74. The molecule has 1 aliphatic carbocycles. The highest BCUT2D eigenvalue weighted by molar-refractivity contribution is 7.26. The first-order valence-electron chi connectivity index (χ1n) is 50.5. The first kappa shape index (κ1) is 87.4. The van der Waals surface area contributed by atoms with Crippen molar-refractivity contribution in [1.29, 1.82) is 0 Å². The van der Waals surface area contributed by atoms with Crippen molar-refractivity contribution in [2.45, 2.75) is 38.0 Å². The van der Waals surface area contributed by atoms with Gasteiger partial charge in [-0.1, -0.05) is 371 Å². The molecule has 7 heterocycles.